The van der Waals surface area contributed by atoms with Crippen LogP contribution < -0.4 is 10.1 Å². The third kappa shape index (κ3) is 3.44. The first-order valence-corrected chi connectivity index (χ1v) is 9.20. The van der Waals surface area contributed by atoms with Crippen molar-refractivity contribution in [1.82, 2.24) is 10.2 Å². The van der Waals surface area contributed by atoms with Gasteiger partial charge < -0.3 is 15.0 Å². The maximum absolute atomic E-state index is 13.7. The van der Waals surface area contributed by atoms with Gasteiger partial charge in [0.1, 0.15) is 11.6 Å². The van der Waals surface area contributed by atoms with Gasteiger partial charge in [-0.1, -0.05) is 30.3 Å². The summed E-state index contributed by atoms with van der Waals surface area (Å²) in [6.07, 6.45) is 1.31. The fourth-order valence-corrected chi connectivity index (χ4v) is 3.97. The quantitative estimate of drug-likeness (QED) is 0.920. The van der Waals surface area contributed by atoms with Crippen LogP contribution in [0.25, 0.3) is 0 Å². The Hall–Kier alpha value is -2.40. The molecule has 5 heteroatoms. The van der Waals surface area contributed by atoms with Crippen molar-refractivity contribution in [3.8, 4) is 5.75 Å². The van der Waals surface area contributed by atoms with Crippen molar-refractivity contribution in [2.24, 2.45) is 0 Å². The van der Waals surface area contributed by atoms with E-state index in [4.69, 9.17) is 4.74 Å². The Labute approximate surface area is 153 Å². The molecule has 0 aliphatic carbocycles. The Bertz CT molecular complexity index is 795. The molecule has 4 nitrogen and oxygen atoms in total. The number of hydrogen-bond donors (Lipinski definition) is 1. The van der Waals surface area contributed by atoms with E-state index < -0.39 is 0 Å². The zero-order chi connectivity index (χ0) is 17.9. The van der Waals surface area contributed by atoms with Crippen LogP contribution in [0.5, 0.6) is 5.75 Å². The van der Waals surface area contributed by atoms with Crippen molar-refractivity contribution < 1.29 is 13.9 Å². The monoisotopic (exact) mass is 354 g/mol. The van der Waals surface area contributed by atoms with Crippen molar-refractivity contribution in [2.75, 3.05) is 26.2 Å². The van der Waals surface area contributed by atoms with Crippen LogP contribution in [0.2, 0.25) is 0 Å². The van der Waals surface area contributed by atoms with E-state index >= 15 is 0 Å². The molecule has 2 atom stereocenters. The first-order chi connectivity index (χ1) is 12.7. The van der Waals surface area contributed by atoms with Gasteiger partial charge in [0.25, 0.3) is 0 Å². The lowest BCUT2D eigenvalue weighted by Gasteiger charge is -2.38. The normalized spacial score (nSPS) is 22.4. The van der Waals surface area contributed by atoms with Crippen molar-refractivity contribution in [1.29, 1.82) is 0 Å². The molecule has 2 aromatic rings. The average molecular weight is 354 g/mol. The molecule has 26 heavy (non-hydrogen) atoms. The molecule has 136 valence electrons. The minimum Gasteiger partial charge on any atom is -0.493 e. The van der Waals surface area contributed by atoms with Crippen LogP contribution in [0.4, 0.5) is 4.39 Å². The standard InChI is InChI=1S/C21H23FN2O2/c22-17-5-3-4-16(12-17)19-14-23-9-10-24(19)21(25)13-15-8-11-26-20-7-2-1-6-18(15)20/h1-7,12,15,19,23H,8-11,13-14H2. The van der Waals surface area contributed by atoms with Gasteiger partial charge in [-0.3, -0.25) is 4.79 Å². The summed E-state index contributed by atoms with van der Waals surface area (Å²) in [6.45, 7) is 2.70. The molecule has 2 unspecified atom stereocenters. The molecule has 0 saturated carbocycles. The van der Waals surface area contributed by atoms with Gasteiger partial charge in [-0.2, -0.15) is 0 Å². The molecule has 2 aliphatic rings. The van der Waals surface area contributed by atoms with E-state index in [0.717, 1.165) is 29.8 Å². The second kappa shape index (κ2) is 7.46. The van der Waals surface area contributed by atoms with E-state index in [1.807, 2.05) is 35.2 Å². The highest BCUT2D eigenvalue weighted by Crippen LogP contribution is 2.36. The van der Waals surface area contributed by atoms with Crippen LogP contribution in [0.15, 0.2) is 48.5 Å². The van der Waals surface area contributed by atoms with Gasteiger partial charge in [0.15, 0.2) is 0 Å². The topological polar surface area (TPSA) is 41.6 Å². The summed E-state index contributed by atoms with van der Waals surface area (Å²) >= 11 is 0. The predicted molar refractivity (Wildman–Crippen MR) is 97.6 cm³/mol. The second-order valence-electron chi connectivity index (χ2n) is 6.94. The third-order valence-electron chi connectivity index (χ3n) is 5.30. The largest absolute Gasteiger partial charge is 0.493 e. The molecule has 0 radical (unpaired) electrons. The molecule has 2 aromatic carbocycles. The summed E-state index contributed by atoms with van der Waals surface area (Å²) < 4.78 is 19.4. The average Bonchev–Trinajstić information content (AvgIpc) is 2.68. The number of carbonyl (C=O) groups is 1. The maximum atomic E-state index is 13.7. The fraction of sp³-hybridized carbons (Fsp3) is 0.381. The van der Waals surface area contributed by atoms with Crippen molar-refractivity contribution >= 4 is 5.91 Å². The number of carbonyl (C=O) groups excluding carboxylic acids is 1. The maximum Gasteiger partial charge on any atom is 0.223 e. The lowest BCUT2D eigenvalue weighted by Crippen LogP contribution is -2.49. The number of nitrogens with zero attached hydrogens (tertiary/aromatic N) is 1. The number of piperazine rings is 1. The Morgan fingerprint density at radius 3 is 3.00 bits per heavy atom. The summed E-state index contributed by atoms with van der Waals surface area (Å²) in [4.78, 5) is 15.0. The SMILES string of the molecule is O=C(CC1CCOc2ccccc21)N1CCNCC1c1cccc(F)c1. The molecule has 2 heterocycles. The second-order valence-corrected chi connectivity index (χ2v) is 6.94. The molecule has 1 fully saturated rings. The Morgan fingerprint density at radius 2 is 2.12 bits per heavy atom. The fourth-order valence-electron chi connectivity index (χ4n) is 3.97. The molecule has 2 aliphatic heterocycles. The highest BCUT2D eigenvalue weighted by Gasteiger charge is 2.31. The van der Waals surface area contributed by atoms with Crippen LogP contribution in [-0.2, 0) is 4.79 Å². The minimum atomic E-state index is -0.265. The van der Waals surface area contributed by atoms with Gasteiger partial charge in [0.05, 0.1) is 12.6 Å². The molecule has 1 saturated heterocycles. The first-order valence-electron chi connectivity index (χ1n) is 9.20. The first kappa shape index (κ1) is 17.0. The number of halogens is 1. The summed E-state index contributed by atoms with van der Waals surface area (Å²) in [5.41, 5.74) is 1.96. The van der Waals surface area contributed by atoms with Crippen LogP contribution >= 0.6 is 0 Å². The van der Waals surface area contributed by atoms with Gasteiger partial charge in [0.2, 0.25) is 5.91 Å². The van der Waals surface area contributed by atoms with Gasteiger partial charge in [-0.15, -0.1) is 0 Å². The highest BCUT2D eigenvalue weighted by atomic mass is 19.1. The molecular formula is C21H23FN2O2. The summed E-state index contributed by atoms with van der Waals surface area (Å²) in [6, 6.07) is 14.4. The van der Waals surface area contributed by atoms with Crippen molar-refractivity contribution in [3.63, 3.8) is 0 Å². The van der Waals surface area contributed by atoms with E-state index in [1.54, 1.807) is 6.07 Å². The van der Waals surface area contributed by atoms with Crippen LogP contribution in [0.3, 0.4) is 0 Å². The van der Waals surface area contributed by atoms with Crippen LogP contribution in [-0.4, -0.2) is 37.0 Å². The summed E-state index contributed by atoms with van der Waals surface area (Å²) in [7, 11) is 0. The molecule has 0 spiro atoms. The van der Waals surface area contributed by atoms with Gasteiger partial charge >= 0.3 is 0 Å². The Kier molecular flexibility index (Phi) is 4.89. The Morgan fingerprint density at radius 1 is 1.23 bits per heavy atom. The highest BCUT2D eigenvalue weighted by molar-refractivity contribution is 5.78. The zero-order valence-corrected chi connectivity index (χ0v) is 14.7. The van der Waals surface area contributed by atoms with Gasteiger partial charge in [0, 0.05) is 26.1 Å². The molecule has 1 amide bonds. The number of rotatable bonds is 3. The summed E-state index contributed by atoms with van der Waals surface area (Å²) in [5.74, 6) is 0.926. The lowest BCUT2D eigenvalue weighted by molar-refractivity contribution is -0.135. The third-order valence-corrected chi connectivity index (χ3v) is 5.30. The predicted octanol–water partition coefficient (Wildman–Crippen LogP) is 3.26. The van der Waals surface area contributed by atoms with E-state index in [-0.39, 0.29) is 23.7 Å². The number of amides is 1. The molecule has 1 N–H and O–H groups in total. The number of ether oxygens (including phenoxy) is 1. The van der Waals surface area contributed by atoms with Crippen LogP contribution in [0.1, 0.15) is 35.9 Å². The van der Waals surface area contributed by atoms with E-state index in [1.165, 1.54) is 12.1 Å². The van der Waals surface area contributed by atoms with Crippen LogP contribution in [0, 0.1) is 5.82 Å². The molecule has 0 aromatic heterocycles. The molecule has 0 bridgehead atoms. The van der Waals surface area contributed by atoms with Crippen molar-refractivity contribution in [3.05, 3.63) is 65.5 Å². The number of fused-ring (bicyclic) bond motifs is 1. The minimum absolute atomic E-state index is 0.123. The zero-order valence-electron chi connectivity index (χ0n) is 14.7. The molecular weight excluding hydrogens is 331 g/mol. The molecule has 4 rings (SSSR count). The number of benzene rings is 2. The van der Waals surface area contributed by atoms with E-state index in [0.29, 0.717) is 26.1 Å². The number of hydrogen-bond acceptors (Lipinski definition) is 3. The lowest BCUT2D eigenvalue weighted by atomic mass is 9.89. The van der Waals surface area contributed by atoms with Crippen molar-refractivity contribution in [2.45, 2.75) is 24.8 Å². The Balaban J connectivity index is 1.53. The van der Waals surface area contributed by atoms with Gasteiger partial charge in [-0.25, -0.2) is 4.39 Å². The number of para-hydroxylation sites is 1. The van der Waals surface area contributed by atoms with E-state index in [9.17, 15) is 9.18 Å². The number of nitrogens with one attached hydrogen (secondary N) is 1. The van der Waals surface area contributed by atoms with E-state index in [2.05, 4.69) is 5.32 Å². The smallest absolute Gasteiger partial charge is 0.223 e. The summed E-state index contributed by atoms with van der Waals surface area (Å²) in [5, 5.41) is 3.32. The van der Waals surface area contributed by atoms with Gasteiger partial charge in [-0.05, 0) is 41.7 Å².